The summed E-state index contributed by atoms with van der Waals surface area (Å²) in [5, 5.41) is 12.9. The number of aryl methyl sites for hydroxylation is 1. The van der Waals surface area contributed by atoms with Gasteiger partial charge in [-0.3, -0.25) is 9.10 Å². The number of hydrazone groups is 1. The highest BCUT2D eigenvalue weighted by Gasteiger charge is 2.27. The number of ether oxygens (including phenoxy) is 1. The summed E-state index contributed by atoms with van der Waals surface area (Å²) in [6.45, 7) is 1.31. The number of sulfonamides is 1. The van der Waals surface area contributed by atoms with E-state index in [0.717, 1.165) is 9.87 Å². The standard InChI is InChI=1S/C24H21ClN4O4S/c1-18-2-12-23(13-3-18)34(31,32)29(21-8-6-20(25)7-9-21)17-24(30)28-27-16-19-4-10-22(11-5-19)33-15-14-26/h2-13,16H,15,17H2,1H3,(H,28,30)/b27-16+. The molecule has 0 atom stereocenters. The molecule has 3 aromatic rings. The number of nitrogens with one attached hydrogen (secondary N) is 1. The van der Waals surface area contributed by atoms with Gasteiger partial charge in [-0.2, -0.15) is 10.4 Å². The monoisotopic (exact) mass is 496 g/mol. The molecule has 1 N–H and O–H groups in total. The molecule has 10 heteroatoms. The lowest BCUT2D eigenvalue weighted by Gasteiger charge is -2.23. The van der Waals surface area contributed by atoms with Gasteiger partial charge in [0, 0.05) is 5.02 Å². The van der Waals surface area contributed by atoms with Crippen LogP contribution in [-0.4, -0.2) is 33.7 Å². The van der Waals surface area contributed by atoms with E-state index in [1.807, 2.05) is 13.0 Å². The SMILES string of the molecule is Cc1ccc(S(=O)(=O)N(CC(=O)N/N=C/c2ccc(OCC#N)cc2)c2ccc(Cl)cc2)cc1. The van der Waals surface area contributed by atoms with E-state index < -0.39 is 22.5 Å². The first-order chi connectivity index (χ1) is 16.3. The molecule has 0 fully saturated rings. The lowest BCUT2D eigenvalue weighted by molar-refractivity contribution is -0.119. The largest absolute Gasteiger partial charge is 0.479 e. The van der Waals surface area contributed by atoms with Crippen LogP contribution in [-0.2, 0) is 14.8 Å². The Labute approximate surface area is 203 Å². The molecule has 0 aliphatic rings. The molecule has 0 aliphatic heterocycles. The van der Waals surface area contributed by atoms with Crippen LogP contribution < -0.4 is 14.5 Å². The second-order valence-electron chi connectivity index (χ2n) is 7.11. The Morgan fingerprint density at radius 1 is 1.09 bits per heavy atom. The van der Waals surface area contributed by atoms with Crippen molar-refractivity contribution < 1.29 is 17.9 Å². The predicted molar refractivity (Wildman–Crippen MR) is 130 cm³/mol. The average molecular weight is 497 g/mol. The minimum absolute atomic E-state index is 0.0564. The molecule has 3 aromatic carbocycles. The molecule has 0 spiro atoms. The van der Waals surface area contributed by atoms with E-state index in [0.29, 0.717) is 16.3 Å². The summed E-state index contributed by atoms with van der Waals surface area (Å²) in [6, 6.07) is 21.1. The minimum atomic E-state index is -4.03. The van der Waals surface area contributed by atoms with Gasteiger partial charge in [0.2, 0.25) is 0 Å². The molecule has 0 aliphatic carbocycles. The Hall–Kier alpha value is -3.87. The van der Waals surface area contributed by atoms with E-state index in [1.165, 1.54) is 30.5 Å². The van der Waals surface area contributed by atoms with Crippen molar-refractivity contribution in [2.24, 2.45) is 5.10 Å². The van der Waals surface area contributed by atoms with Gasteiger partial charge in [0.15, 0.2) is 6.61 Å². The molecule has 0 aromatic heterocycles. The van der Waals surface area contributed by atoms with Gasteiger partial charge < -0.3 is 4.74 Å². The Kier molecular flexibility index (Phi) is 8.24. The molecule has 0 unspecified atom stereocenters. The van der Waals surface area contributed by atoms with Crippen molar-refractivity contribution in [3.63, 3.8) is 0 Å². The topological polar surface area (TPSA) is 112 Å². The molecule has 8 nitrogen and oxygen atoms in total. The smallest absolute Gasteiger partial charge is 0.264 e. The molecule has 0 bridgehead atoms. The summed E-state index contributed by atoms with van der Waals surface area (Å²) in [5.74, 6) is -0.0986. The Morgan fingerprint density at radius 3 is 2.35 bits per heavy atom. The van der Waals surface area contributed by atoms with Crippen LogP contribution >= 0.6 is 11.6 Å². The molecule has 0 saturated carbocycles. The number of carbonyl (C=O) groups excluding carboxylic acids is 1. The molecule has 34 heavy (non-hydrogen) atoms. The van der Waals surface area contributed by atoms with Crippen LogP contribution in [0.3, 0.4) is 0 Å². The minimum Gasteiger partial charge on any atom is -0.479 e. The van der Waals surface area contributed by atoms with E-state index >= 15 is 0 Å². The molecule has 0 radical (unpaired) electrons. The number of amides is 1. The zero-order valence-corrected chi connectivity index (χ0v) is 19.8. The number of benzene rings is 3. The van der Waals surface area contributed by atoms with Crippen molar-refractivity contribution >= 4 is 39.4 Å². The summed E-state index contributed by atoms with van der Waals surface area (Å²) in [7, 11) is -4.03. The third-order valence-corrected chi connectivity index (χ3v) is 6.64. The van der Waals surface area contributed by atoms with Crippen molar-refractivity contribution in [3.05, 3.63) is 88.9 Å². The maximum absolute atomic E-state index is 13.3. The lowest BCUT2D eigenvalue weighted by Crippen LogP contribution is -2.39. The van der Waals surface area contributed by atoms with Crippen LogP contribution in [0.1, 0.15) is 11.1 Å². The van der Waals surface area contributed by atoms with Crippen molar-refractivity contribution in [1.29, 1.82) is 5.26 Å². The molecular weight excluding hydrogens is 476 g/mol. The van der Waals surface area contributed by atoms with Crippen LogP contribution in [0.2, 0.25) is 5.02 Å². The summed E-state index contributed by atoms with van der Waals surface area (Å²) < 4.78 is 32.8. The number of halogens is 1. The number of rotatable bonds is 9. The third kappa shape index (κ3) is 6.57. The second-order valence-corrected chi connectivity index (χ2v) is 9.41. The maximum Gasteiger partial charge on any atom is 0.264 e. The van der Waals surface area contributed by atoms with Gasteiger partial charge in [0.25, 0.3) is 15.9 Å². The first-order valence-electron chi connectivity index (χ1n) is 10.1. The third-order valence-electron chi connectivity index (χ3n) is 4.60. The predicted octanol–water partition coefficient (Wildman–Crippen LogP) is 3.90. The fourth-order valence-corrected chi connectivity index (χ4v) is 4.42. The quantitative estimate of drug-likeness (QED) is 0.356. The fraction of sp³-hybridized carbons (Fsp3) is 0.125. The summed E-state index contributed by atoms with van der Waals surface area (Å²) in [5.41, 5.74) is 4.22. The van der Waals surface area contributed by atoms with Crippen LogP contribution in [0, 0.1) is 18.3 Å². The normalized spacial score (nSPS) is 11.1. The molecule has 174 valence electrons. The van der Waals surface area contributed by atoms with Crippen molar-refractivity contribution in [3.8, 4) is 11.8 Å². The molecule has 0 saturated heterocycles. The number of nitrogens with zero attached hydrogens (tertiary/aromatic N) is 3. The summed E-state index contributed by atoms with van der Waals surface area (Å²) in [6.07, 6.45) is 1.41. The van der Waals surface area contributed by atoms with Crippen molar-refractivity contribution in [2.45, 2.75) is 11.8 Å². The first kappa shape index (κ1) is 24.8. The van der Waals surface area contributed by atoms with Gasteiger partial charge in [0.1, 0.15) is 18.4 Å². The lowest BCUT2D eigenvalue weighted by atomic mass is 10.2. The average Bonchev–Trinajstić information content (AvgIpc) is 2.83. The fourth-order valence-electron chi connectivity index (χ4n) is 2.87. The van der Waals surface area contributed by atoms with E-state index in [2.05, 4.69) is 10.5 Å². The van der Waals surface area contributed by atoms with E-state index in [1.54, 1.807) is 48.5 Å². The molecule has 1 amide bonds. The van der Waals surface area contributed by atoms with E-state index in [4.69, 9.17) is 21.6 Å². The highest BCUT2D eigenvalue weighted by Crippen LogP contribution is 2.25. The highest BCUT2D eigenvalue weighted by atomic mass is 35.5. The summed E-state index contributed by atoms with van der Waals surface area (Å²) in [4.78, 5) is 12.6. The highest BCUT2D eigenvalue weighted by molar-refractivity contribution is 7.92. The van der Waals surface area contributed by atoms with Gasteiger partial charge in [-0.25, -0.2) is 13.8 Å². The van der Waals surface area contributed by atoms with Crippen molar-refractivity contribution in [2.75, 3.05) is 17.5 Å². The number of hydrogen-bond donors (Lipinski definition) is 1. The Morgan fingerprint density at radius 2 is 1.74 bits per heavy atom. The van der Waals surface area contributed by atoms with Crippen LogP contribution in [0.25, 0.3) is 0 Å². The Balaban J connectivity index is 1.75. The zero-order valence-electron chi connectivity index (χ0n) is 18.2. The summed E-state index contributed by atoms with van der Waals surface area (Å²) >= 11 is 5.94. The van der Waals surface area contributed by atoms with Gasteiger partial charge >= 0.3 is 0 Å². The Bertz CT molecular complexity index is 1300. The number of carbonyl (C=O) groups is 1. The van der Waals surface area contributed by atoms with Crippen LogP contribution in [0.15, 0.2) is 82.8 Å². The zero-order chi connectivity index (χ0) is 24.6. The van der Waals surface area contributed by atoms with Gasteiger partial charge in [-0.05, 0) is 73.2 Å². The first-order valence-corrected chi connectivity index (χ1v) is 11.9. The van der Waals surface area contributed by atoms with Crippen LogP contribution in [0.4, 0.5) is 5.69 Å². The van der Waals surface area contributed by atoms with Crippen molar-refractivity contribution in [1.82, 2.24) is 5.43 Å². The molecular formula is C24H21ClN4O4S. The number of nitriles is 1. The van der Waals surface area contributed by atoms with Gasteiger partial charge in [0.05, 0.1) is 16.8 Å². The van der Waals surface area contributed by atoms with Gasteiger partial charge in [-0.15, -0.1) is 0 Å². The second kappa shape index (κ2) is 11.3. The van der Waals surface area contributed by atoms with E-state index in [-0.39, 0.29) is 17.2 Å². The van der Waals surface area contributed by atoms with Crippen LogP contribution in [0.5, 0.6) is 5.75 Å². The number of anilines is 1. The molecule has 0 heterocycles. The van der Waals surface area contributed by atoms with Gasteiger partial charge in [-0.1, -0.05) is 29.3 Å². The molecule has 3 rings (SSSR count). The van der Waals surface area contributed by atoms with E-state index in [9.17, 15) is 13.2 Å². The maximum atomic E-state index is 13.3. The number of hydrogen-bond acceptors (Lipinski definition) is 6.